The second kappa shape index (κ2) is 5.92. The van der Waals surface area contributed by atoms with Crippen molar-refractivity contribution in [3.8, 4) is 0 Å². The van der Waals surface area contributed by atoms with Gasteiger partial charge in [0.25, 0.3) is 0 Å². The van der Waals surface area contributed by atoms with Gasteiger partial charge in [-0.2, -0.15) is 0 Å². The van der Waals surface area contributed by atoms with Crippen LogP contribution in [0.4, 0.5) is 0 Å². The first-order valence-corrected chi connectivity index (χ1v) is 6.63. The molecule has 0 amide bonds. The van der Waals surface area contributed by atoms with Crippen LogP contribution in [0.15, 0.2) is 29.2 Å². The van der Waals surface area contributed by atoms with E-state index in [0.717, 1.165) is 4.88 Å². The standard InChI is InChI=1S/C12H17NO4S/c14-6-7-4-9(11(16)12(17)10(7)15)13-5-8-2-1-3-18-8/h1-4,9-17H,5-6H2/t9-,10+,11-,12?/m0/s1. The molecule has 1 aliphatic carbocycles. The average Bonchev–Trinajstić information content (AvgIpc) is 2.88. The highest BCUT2D eigenvalue weighted by molar-refractivity contribution is 7.09. The fourth-order valence-corrected chi connectivity index (χ4v) is 2.66. The summed E-state index contributed by atoms with van der Waals surface area (Å²) in [6.07, 6.45) is -1.99. The molecule has 0 saturated heterocycles. The second-order valence-electron chi connectivity index (χ2n) is 4.31. The third kappa shape index (κ3) is 2.80. The van der Waals surface area contributed by atoms with Gasteiger partial charge in [0, 0.05) is 11.4 Å². The molecule has 0 aliphatic heterocycles. The molecule has 2 rings (SSSR count). The Balaban J connectivity index is 2.04. The minimum Gasteiger partial charge on any atom is -0.392 e. The van der Waals surface area contributed by atoms with Crippen LogP contribution in [-0.2, 0) is 6.54 Å². The molecule has 100 valence electrons. The van der Waals surface area contributed by atoms with E-state index in [2.05, 4.69) is 5.32 Å². The summed E-state index contributed by atoms with van der Waals surface area (Å²) >= 11 is 1.59. The summed E-state index contributed by atoms with van der Waals surface area (Å²) in [6.45, 7) is 0.236. The number of thiophene rings is 1. The van der Waals surface area contributed by atoms with Gasteiger partial charge in [-0.15, -0.1) is 11.3 Å². The molecule has 4 atom stereocenters. The lowest BCUT2D eigenvalue weighted by molar-refractivity contribution is -0.0643. The Labute approximate surface area is 109 Å². The van der Waals surface area contributed by atoms with E-state index in [4.69, 9.17) is 5.11 Å². The monoisotopic (exact) mass is 271 g/mol. The molecule has 0 spiro atoms. The third-order valence-electron chi connectivity index (χ3n) is 3.09. The van der Waals surface area contributed by atoms with Gasteiger partial charge in [0.15, 0.2) is 0 Å². The Morgan fingerprint density at radius 3 is 2.61 bits per heavy atom. The number of aliphatic hydroxyl groups excluding tert-OH is 4. The largest absolute Gasteiger partial charge is 0.392 e. The summed E-state index contributed by atoms with van der Waals surface area (Å²) in [5.74, 6) is 0. The molecular formula is C12H17NO4S. The van der Waals surface area contributed by atoms with Crippen molar-refractivity contribution in [1.29, 1.82) is 0 Å². The summed E-state index contributed by atoms with van der Waals surface area (Å²) in [5.41, 5.74) is 0.330. The highest BCUT2D eigenvalue weighted by atomic mass is 32.1. The van der Waals surface area contributed by atoms with Gasteiger partial charge in [-0.3, -0.25) is 0 Å². The van der Waals surface area contributed by atoms with E-state index >= 15 is 0 Å². The van der Waals surface area contributed by atoms with E-state index in [1.54, 1.807) is 17.4 Å². The van der Waals surface area contributed by atoms with E-state index < -0.39 is 24.4 Å². The maximum Gasteiger partial charge on any atom is 0.111 e. The van der Waals surface area contributed by atoms with Gasteiger partial charge in [-0.25, -0.2) is 0 Å². The molecule has 1 heterocycles. The van der Waals surface area contributed by atoms with Crippen molar-refractivity contribution in [2.45, 2.75) is 30.9 Å². The molecule has 1 aromatic heterocycles. The van der Waals surface area contributed by atoms with Crippen LogP contribution in [-0.4, -0.2) is 51.4 Å². The molecule has 1 unspecified atom stereocenters. The van der Waals surface area contributed by atoms with Gasteiger partial charge in [-0.1, -0.05) is 12.1 Å². The minimum atomic E-state index is -1.28. The molecule has 18 heavy (non-hydrogen) atoms. The molecule has 5 nitrogen and oxygen atoms in total. The van der Waals surface area contributed by atoms with Crippen LogP contribution in [0.1, 0.15) is 4.88 Å². The van der Waals surface area contributed by atoms with Crippen LogP contribution in [0.25, 0.3) is 0 Å². The first-order chi connectivity index (χ1) is 8.63. The SMILES string of the molecule is OCC1=C[C@H](NCc2cccs2)[C@H](O)C(O)[C@@H]1O. The van der Waals surface area contributed by atoms with Gasteiger partial charge >= 0.3 is 0 Å². The number of nitrogens with one attached hydrogen (secondary N) is 1. The lowest BCUT2D eigenvalue weighted by Crippen LogP contribution is -2.53. The fraction of sp³-hybridized carbons (Fsp3) is 0.500. The van der Waals surface area contributed by atoms with E-state index in [-0.39, 0.29) is 6.61 Å². The Bertz CT molecular complexity index is 406. The summed E-state index contributed by atoms with van der Waals surface area (Å²) in [6, 6.07) is 3.43. The van der Waals surface area contributed by atoms with E-state index in [1.165, 1.54) is 0 Å². The Kier molecular flexibility index (Phi) is 4.50. The molecule has 5 N–H and O–H groups in total. The maximum absolute atomic E-state index is 9.85. The van der Waals surface area contributed by atoms with Gasteiger partial charge < -0.3 is 25.7 Å². The summed E-state index contributed by atoms with van der Waals surface area (Å²) < 4.78 is 0. The first-order valence-electron chi connectivity index (χ1n) is 5.75. The second-order valence-corrected chi connectivity index (χ2v) is 5.34. The maximum atomic E-state index is 9.85. The normalized spacial score (nSPS) is 32.3. The Hall–Kier alpha value is -0.760. The lowest BCUT2D eigenvalue weighted by atomic mass is 9.88. The van der Waals surface area contributed by atoms with Crippen molar-refractivity contribution in [2.24, 2.45) is 0 Å². The average molecular weight is 271 g/mol. The molecule has 6 heteroatoms. The number of hydrogen-bond donors (Lipinski definition) is 5. The van der Waals surface area contributed by atoms with Gasteiger partial charge in [0.1, 0.15) is 18.3 Å². The van der Waals surface area contributed by atoms with Crippen molar-refractivity contribution in [3.05, 3.63) is 34.0 Å². The molecule has 0 fully saturated rings. The van der Waals surface area contributed by atoms with Crippen molar-refractivity contribution < 1.29 is 20.4 Å². The van der Waals surface area contributed by atoms with Crippen molar-refractivity contribution in [1.82, 2.24) is 5.32 Å². The molecule has 0 aromatic carbocycles. The highest BCUT2D eigenvalue weighted by Gasteiger charge is 2.36. The molecule has 0 radical (unpaired) electrons. The third-order valence-corrected chi connectivity index (χ3v) is 3.97. The van der Waals surface area contributed by atoms with Gasteiger partial charge in [0.2, 0.25) is 0 Å². The Morgan fingerprint density at radius 1 is 1.22 bits per heavy atom. The highest BCUT2D eigenvalue weighted by Crippen LogP contribution is 2.20. The predicted octanol–water partition coefficient (Wildman–Crippen LogP) is -0.779. The molecule has 0 saturated carbocycles. The van der Waals surface area contributed by atoms with Crippen LogP contribution in [0.2, 0.25) is 0 Å². The zero-order valence-electron chi connectivity index (χ0n) is 9.73. The minimum absolute atomic E-state index is 0.330. The van der Waals surface area contributed by atoms with Crippen LogP contribution >= 0.6 is 11.3 Å². The fourth-order valence-electron chi connectivity index (χ4n) is 2.00. The number of aliphatic hydroxyl groups is 4. The topological polar surface area (TPSA) is 93.0 Å². The number of hydrogen-bond acceptors (Lipinski definition) is 6. The summed E-state index contributed by atoms with van der Waals surface area (Å²) in [4.78, 5) is 1.11. The predicted molar refractivity (Wildman–Crippen MR) is 68.1 cm³/mol. The van der Waals surface area contributed by atoms with Crippen molar-refractivity contribution in [3.63, 3.8) is 0 Å². The van der Waals surface area contributed by atoms with Gasteiger partial charge in [0.05, 0.1) is 12.6 Å². The Morgan fingerprint density at radius 2 is 2.00 bits per heavy atom. The molecule has 1 aliphatic rings. The lowest BCUT2D eigenvalue weighted by Gasteiger charge is -2.34. The van der Waals surface area contributed by atoms with Crippen LogP contribution in [0.3, 0.4) is 0 Å². The number of rotatable bonds is 4. The van der Waals surface area contributed by atoms with Crippen molar-refractivity contribution >= 4 is 11.3 Å². The zero-order chi connectivity index (χ0) is 13.1. The molecule has 0 bridgehead atoms. The van der Waals surface area contributed by atoms with Gasteiger partial charge in [-0.05, 0) is 17.0 Å². The molecule has 1 aromatic rings. The molecular weight excluding hydrogens is 254 g/mol. The van der Waals surface area contributed by atoms with E-state index in [1.807, 2.05) is 17.5 Å². The van der Waals surface area contributed by atoms with Crippen LogP contribution in [0, 0.1) is 0 Å². The summed E-state index contributed by atoms with van der Waals surface area (Å²) in [5, 5.41) is 43.3. The quantitative estimate of drug-likeness (QED) is 0.463. The first kappa shape index (κ1) is 13.7. The smallest absolute Gasteiger partial charge is 0.111 e. The van der Waals surface area contributed by atoms with Crippen molar-refractivity contribution in [2.75, 3.05) is 6.61 Å². The van der Waals surface area contributed by atoms with E-state index in [0.29, 0.717) is 12.1 Å². The van der Waals surface area contributed by atoms with Crippen LogP contribution in [0.5, 0.6) is 0 Å². The zero-order valence-corrected chi connectivity index (χ0v) is 10.5. The van der Waals surface area contributed by atoms with Crippen LogP contribution < -0.4 is 5.32 Å². The van der Waals surface area contributed by atoms with E-state index in [9.17, 15) is 15.3 Å². The summed E-state index contributed by atoms with van der Waals surface area (Å²) in [7, 11) is 0.